The van der Waals surface area contributed by atoms with Crippen molar-refractivity contribution in [3.05, 3.63) is 12.2 Å². The first-order valence-corrected chi connectivity index (χ1v) is 5.62. The first kappa shape index (κ1) is 13.0. The number of aliphatic hydroxyl groups excluding tert-OH is 1. The summed E-state index contributed by atoms with van der Waals surface area (Å²) < 4.78 is 5.12. The minimum Gasteiger partial charge on any atom is -0.444 e. The Kier molecular flexibility index (Phi) is 3.97. The van der Waals surface area contributed by atoms with Crippen molar-refractivity contribution in [2.45, 2.75) is 45.3 Å². The van der Waals surface area contributed by atoms with Gasteiger partial charge in [0.1, 0.15) is 5.60 Å². The maximum absolute atomic E-state index is 11.5. The van der Waals surface area contributed by atoms with Crippen molar-refractivity contribution in [1.29, 1.82) is 0 Å². The van der Waals surface area contributed by atoms with Crippen molar-refractivity contribution >= 4 is 6.09 Å². The van der Waals surface area contributed by atoms with E-state index >= 15 is 0 Å². The fourth-order valence-corrected chi connectivity index (χ4v) is 1.44. The van der Waals surface area contributed by atoms with E-state index in [2.05, 4.69) is 11.9 Å². The maximum Gasteiger partial charge on any atom is 0.408 e. The van der Waals surface area contributed by atoms with Gasteiger partial charge in [-0.15, -0.1) is 0 Å². The van der Waals surface area contributed by atoms with E-state index in [1.54, 1.807) is 20.8 Å². The third-order valence-electron chi connectivity index (χ3n) is 2.42. The molecule has 92 valence electrons. The minimum absolute atomic E-state index is 0.130. The molecular formula is C12H21NO3. The van der Waals surface area contributed by atoms with Gasteiger partial charge < -0.3 is 15.2 Å². The highest BCUT2D eigenvalue weighted by Gasteiger charge is 2.30. The minimum atomic E-state index is -0.523. The van der Waals surface area contributed by atoms with Crippen LogP contribution in [-0.2, 0) is 4.74 Å². The van der Waals surface area contributed by atoms with Crippen LogP contribution < -0.4 is 5.32 Å². The zero-order chi connectivity index (χ0) is 12.3. The number of ether oxygens (including phenoxy) is 1. The van der Waals surface area contributed by atoms with Crippen LogP contribution in [0.5, 0.6) is 0 Å². The molecule has 1 aliphatic rings. The predicted molar refractivity (Wildman–Crippen MR) is 62.1 cm³/mol. The number of hydrogen-bond donors (Lipinski definition) is 2. The first-order valence-electron chi connectivity index (χ1n) is 5.62. The Bertz CT molecular complexity index is 276. The Balaban J connectivity index is 2.43. The van der Waals surface area contributed by atoms with Crippen molar-refractivity contribution in [3.63, 3.8) is 0 Å². The zero-order valence-electron chi connectivity index (χ0n) is 10.2. The van der Waals surface area contributed by atoms with Crippen molar-refractivity contribution in [3.8, 4) is 0 Å². The Morgan fingerprint density at radius 1 is 1.56 bits per heavy atom. The maximum atomic E-state index is 11.5. The van der Waals surface area contributed by atoms with Gasteiger partial charge in [-0.3, -0.25) is 0 Å². The lowest BCUT2D eigenvalue weighted by molar-refractivity contribution is 0.0493. The monoisotopic (exact) mass is 227 g/mol. The normalized spacial score (nSPS) is 17.8. The molecule has 1 atom stereocenters. The number of rotatable bonds is 4. The number of carbonyl (C=O) groups is 1. The SMILES string of the molecule is C=C(C1CC1)[C@@H](CO)NC(=O)OC(C)(C)C. The molecule has 1 saturated carbocycles. The highest BCUT2D eigenvalue weighted by atomic mass is 16.6. The molecule has 1 aliphatic carbocycles. The van der Waals surface area contributed by atoms with Gasteiger partial charge in [-0.1, -0.05) is 6.58 Å². The Labute approximate surface area is 96.7 Å². The summed E-state index contributed by atoms with van der Waals surface area (Å²) in [7, 11) is 0. The van der Waals surface area contributed by atoms with E-state index in [4.69, 9.17) is 4.74 Å². The van der Waals surface area contributed by atoms with Crippen molar-refractivity contribution < 1.29 is 14.6 Å². The summed E-state index contributed by atoms with van der Waals surface area (Å²) in [5.41, 5.74) is 0.374. The van der Waals surface area contributed by atoms with Gasteiger partial charge in [0.05, 0.1) is 12.6 Å². The molecule has 0 radical (unpaired) electrons. The highest BCUT2D eigenvalue weighted by molar-refractivity contribution is 5.68. The van der Waals surface area contributed by atoms with Gasteiger partial charge in [0.15, 0.2) is 0 Å². The molecule has 0 spiro atoms. The largest absolute Gasteiger partial charge is 0.444 e. The number of hydrogen-bond acceptors (Lipinski definition) is 3. The summed E-state index contributed by atoms with van der Waals surface area (Å²) in [5, 5.41) is 11.8. The molecule has 0 aromatic rings. The summed E-state index contributed by atoms with van der Waals surface area (Å²) in [6, 6.07) is -0.387. The lowest BCUT2D eigenvalue weighted by atomic mass is 10.1. The molecule has 0 aliphatic heterocycles. The zero-order valence-corrected chi connectivity index (χ0v) is 10.2. The summed E-state index contributed by atoms with van der Waals surface area (Å²) in [6.07, 6.45) is 1.70. The van der Waals surface area contributed by atoms with Crippen LogP contribution in [0.15, 0.2) is 12.2 Å². The fourth-order valence-electron chi connectivity index (χ4n) is 1.44. The number of nitrogens with one attached hydrogen (secondary N) is 1. The van der Waals surface area contributed by atoms with Gasteiger partial charge in [-0.25, -0.2) is 4.79 Å². The molecule has 0 aromatic carbocycles. The van der Waals surface area contributed by atoms with E-state index in [9.17, 15) is 9.90 Å². The third-order valence-corrected chi connectivity index (χ3v) is 2.42. The van der Waals surface area contributed by atoms with E-state index in [1.165, 1.54) is 0 Å². The van der Waals surface area contributed by atoms with Crippen molar-refractivity contribution in [2.75, 3.05) is 6.61 Å². The second-order valence-electron chi connectivity index (χ2n) is 5.23. The van der Waals surface area contributed by atoms with Gasteiger partial charge in [0, 0.05) is 0 Å². The predicted octanol–water partition coefficient (Wildman–Crippen LogP) is 1.84. The summed E-state index contributed by atoms with van der Waals surface area (Å²) in [6.45, 7) is 9.18. The van der Waals surface area contributed by atoms with E-state index in [-0.39, 0.29) is 12.6 Å². The standard InChI is InChI=1S/C12H21NO3/c1-8(9-5-6-9)10(7-14)13-11(15)16-12(2,3)4/h9-10,14H,1,5-7H2,2-4H3,(H,13,15)/t10-/m1/s1. The molecule has 0 unspecified atom stereocenters. The van der Waals surface area contributed by atoms with Crippen LogP contribution in [0.3, 0.4) is 0 Å². The molecule has 4 heteroatoms. The van der Waals surface area contributed by atoms with Crippen LogP contribution >= 0.6 is 0 Å². The van der Waals surface area contributed by atoms with E-state index < -0.39 is 11.7 Å². The third kappa shape index (κ3) is 4.23. The first-order chi connectivity index (χ1) is 7.33. The van der Waals surface area contributed by atoms with Crippen molar-refractivity contribution in [2.24, 2.45) is 5.92 Å². The average Bonchev–Trinajstić information content (AvgIpc) is 2.93. The second-order valence-corrected chi connectivity index (χ2v) is 5.23. The highest BCUT2D eigenvalue weighted by Crippen LogP contribution is 2.36. The van der Waals surface area contributed by atoms with E-state index in [1.807, 2.05) is 0 Å². The summed E-state index contributed by atoms with van der Waals surface area (Å²) >= 11 is 0. The smallest absolute Gasteiger partial charge is 0.408 e. The molecule has 0 aromatic heterocycles. The van der Waals surface area contributed by atoms with Crippen LogP contribution in [0, 0.1) is 5.92 Å². The second kappa shape index (κ2) is 4.87. The quantitative estimate of drug-likeness (QED) is 0.720. The molecular weight excluding hydrogens is 206 g/mol. The summed E-state index contributed by atoms with van der Waals surface area (Å²) in [5.74, 6) is 0.451. The molecule has 1 rings (SSSR count). The molecule has 16 heavy (non-hydrogen) atoms. The average molecular weight is 227 g/mol. The molecule has 2 N–H and O–H groups in total. The molecule has 0 heterocycles. The fraction of sp³-hybridized carbons (Fsp3) is 0.750. The topological polar surface area (TPSA) is 58.6 Å². The summed E-state index contributed by atoms with van der Waals surface area (Å²) in [4.78, 5) is 11.5. The van der Waals surface area contributed by atoms with Gasteiger partial charge in [0.2, 0.25) is 0 Å². The molecule has 1 amide bonds. The van der Waals surface area contributed by atoms with Gasteiger partial charge in [0.25, 0.3) is 0 Å². The van der Waals surface area contributed by atoms with Gasteiger partial charge in [-0.2, -0.15) is 0 Å². The molecule has 4 nitrogen and oxygen atoms in total. The van der Waals surface area contributed by atoms with Crippen LogP contribution in [0.4, 0.5) is 4.79 Å². The van der Waals surface area contributed by atoms with Crippen molar-refractivity contribution in [1.82, 2.24) is 5.32 Å². The van der Waals surface area contributed by atoms with Crippen LogP contribution in [0.25, 0.3) is 0 Å². The Hall–Kier alpha value is -1.03. The number of aliphatic hydroxyl groups is 1. The Morgan fingerprint density at radius 2 is 2.12 bits per heavy atom. The van der Waals surface area contributed by atoms with Crippen LogP contribution in [0.2, 0.25) is 0 Å². The van der Waals surface area contributed by atoms with E-state index in [0.717, 1.165) is 18.4 Å². The van der Waals surface area contributed by atoms with Gasteiger partial charge >= 0.3 is 6.09 Å². The number of alkyl carbamates (subject to hydrolysis) is 1. The molecule has 0 saturated heterocycles. The van der Waals surface area contributed by atoms with Crippen LogP contribution in [-0.4, -0.2) is 29.4 Å². The van der Waals surface area contributed by atoms with Gasteiger partial charge in [-0.05, 0) is 45.1 Å². The Morgan fingerprint density at radius 3 is 2.50 bits per heavy atom. The number of carbonyl (C=O) groups excluding carboxylic acids is 1. The van der Waals surface area contributed by atoms with E-state index in [0.29, 0.717) is 5.92 Å². The lowest BCUT2D eigenvalue weighted by Gasteiger charge is -2.23. The molecule has 1 fully saturated rings. The molecule has 0 bridgehead atoms. The van der Waals surface area contributed by atoms with Crippen LogP contribution in [0.1, 0.15) is 33.6 Å². The lowest BCUT2D eigenvalue weighted by Crippen LogP contribution is -2.42. The number of amides is 1.